The summed E-state index contributed by atoms with van der Waals surface area (Å²) in [4.78, 5) is 4.41. The number of aromatic amines is 1. The van der Waals surface area contributed by atoms with E-state index in [2.05, 4.69) is 26.7 Å². The number of hydrogen-bond acceptors (Lipinski definition) is 4. The summed E-state index contributed by atoms with van der Waals surface area (Å²) < 4.78 is 2.89. The van der Waals surface area contributed by atoms with Gasteiger partial charge in [-0.2, -0.15) is 16.9 Å². The van der Waals surface area contributed by atoms with E-state index in [1.807, 2.05) is 30.0 Å². The Kier molecular flexibility index (Phi) is 4.21. The van der Waals surface area contributed by atoms with E-state index in [-0.39, 0.29) is 0 Å². The van der Waals surface area contributed by atoms with Crippen LogP contribution >= 0.6 is 24.0 Å². The molecule has 2 aromatic heterocycles. The average molecular weight is 306 g/mol. The Bertz CT molecular complexity index is 620. The van der Waals surface area contributed by atoms with Crippen molar-refractivity contribution in [1.82, 2.24) is 19.7 Å². The van der Waals surface area contributed by atoms with E-state index in [9.17, 15) is 0 Å². The van der Waals surface area contributed by atoms with Gasteiger partial charge in [0.1, 0.15) is 5.69 Å². The molecule has 2 aromatic rings. The predicted octanol–water partition coefficient (Wildman–Crippen LogP) is 3.85. The van der Waals surface area contributed by atoms with Gasteiger partial charge in [-0.3, -0.25) is 14.6 Å². The molecule has 2 atom stereocenters. The molecule has 2 heterocycles. The van der Waals surface area contributed by atoms with Crippen LogP contribution in [0.25, 0.3) is 11.5 Å². The topological polar surface area (TPSA) is 46.5 Å². The first-order valence-corrected chi connectivity index (χ1v) is 8.47. The van der Waals surface area contributed by atoms with Crippen LogP contribution in [-0.4, -0.2) is 30.8 Å². The Morgan fingerprint density at radius 3 is 3.10 bits per heavy atom. The maximum absolute atomic E-state index is 5.45. The van der Waals surface area contributed by atoms with Gasteiger partial charge in [-0.05, 0) is 42.9 Å². The van der Waals surface area contributed by atoms with E-state index >= 15 is 0 Å². The second kappa shape index (κ2) is 6.10. The van der Waals surface area contributed by atoms with Gasteiger partial charge in [0.25, 0.3) is 0 Å². The third-order valence-corrected chi connectivity index (χ3v) is 5.33. The van der Waals surface area contributed by atoms with Crippen molar-refractivity contribution < 1.29 is 0 Å². The highest BCUT2D eigenvalue weighted by atomic mass is 32.2. The molecule has 0 radical (unpaired) electrons. The van der Waals surface area contributed by atoms with Gasteiger partial charge in [0, 0.05) is 17.5 Å². The van der Waals surface area contributed by atoms with Crippen molar-refractivity contribution in [2.45, 2.75) is 37.5 Å². The third kappa shape index (κ3) is 2.54. The maximum atomic E-state index is 5.45. The summed E-state index contributed by atoms with van der Waals surface area (Å²) in [5.41, 5.74) is 0.881. The molecule has 1 N–H and O–H groups in total. The van der Waals surface area contributed by atoms with Crippen LogP contribution in [0.1, 0.15) is 32.2 Å². The minimum atomic E-state index is 0.434. The van der Waals surface area contributed by atoms with Crippen molar-refractivity contribution in [3.8, 4) is 11.5 Å². The van der Waals surface area contributed by atoms with Gasteiger partial charge in [-0.1, -0.05) is 19.4 Å². The number of hydrogen-bond donors (Lipinski definition) is 1. The lowest BCUT2D eigenvalue weighted by atomic mass is 10.2. The summed E-state index contributed by atoms with van der Waals surface area (Å²) in [6, 6.07) is 6.32. The van der Waals surface area contributed by atoms with Crippen LogP contribution in [0.5, 0.6) is 0 Å². The number of thioether (sulfide) groups is 1. The maximum Gasteiger partial charge on any atom is 0.195 e. The number of rotatable bonds is 4. The molecule has 1 fully saturated rings. The summed E-state index contributed by atoms with van der Waals surface area (Å²) in [6.45, 7) is 2.22. The summed E-state index contributed by atoms with van der Waals surface area (Å²) in [6.07, 6.45) is 5.49. The van der Waals surface area contributed by atoms with Crippen molar-refractivity contribution in [3.05, 3.63) is 29.2 Å². The minimum Gasteiger partial charge on any atom is -0.295 e. The Hall–Kier alpha value is -1.14. The van der Waals surface area contributed by atoms with E-state index in [0.717, 1.165) is 17.3 Å². The smallest absolute Gasteiger partial charge is 0.195 e. The molecule has 0 aromatic carbocycles. The summed E-state index contributed by atoms with van der Waals surface area (Å²) in [7, 11) is 0. The van der Waals surface area contributed by atoms with Gasteiger partial charge >= 0.3 is 0 Å². The lowest BCUT2D eigenvalue weighted by molar-refractivity contribution is 0.525. The van der Waals surface area contributed by atoms with Crippen LogP contribution in [0.4, 0.5) is 0 Å². The first-order chi connectivity index (χ1) is 9.81. The SMILES string of the molecule is CCSC1CCCC1n1c(-c2ccccn2)n[nH]c1=S. The first-order valence-electron chi connectivity index (χ1n) is 7.01. The molecule has 1 saturated carbocycles. The average Bonchev–Trinajstić information content (AvgIpc) is 3.06. The van der Waals surface area contributed by atoms with Crippen molar-refractivity contribution in [2.24, 2.45) is 0 Å². The summed E-state index contributed by atoms with van der Waals surface area (Å²) in [5.74, 6) is 2.01. The molecule has 0 bridgehead atoms. The number of H-pyrrole nitrogens is 1. The predicted molar refractivity (Wildman–Crippen MR) is 85.5 cm³/mol. The van der Waals surface area contributed by atoms with Crippen molar-refractivity contribution in [3.63, 3.8) is 0 Å². The first kappa shape index (κ1) is 13.8. The van der Waals surface area contributed by atoms with Gasteiger partial charge < -0.3 is 0 Å². The van der Waals surface area contributed by atoms with E-state index in [1.54, 1.807) is 6.20 Å². The van der Waals surface area contributed by atoms with Crippen LogP contribution in [0.15, 0.2) is 24.4 Å². The van der Waals surface area contributed by atoms with Gasteiger partial charge in [-0.15, -0.1) is 0 Å². The van der Waals surface area contributed by atoms with Crippen LogP contribution in [0.2, 0.25) is 0 Å². The molecule has 4 nitrogen and oxygen atoms in total. The van der Waals surface area contributed by atoms with Crippen LogP contribution in [0.3, 0.4) is 0 Å². The number of aromatic nitrogens is 4. The fourth-order valence-electron chi connectivity index (χ4n) is 2.90. The second-order valence-corrected chi connectivity index (χ2v) is 6.83. The Labute approximate surface area is 128 Å². The van der Waals surface area contributed by atoms with Crippen molar-refractivity contribution in [1.29, 1.82) is 0 Å². The van der Waals surface area contributed by atoms with E-state index < -0.39 is 0 Å². The highest BCUT2D eigenvalue weighted by Crippen LogP contribution is 2.40. The Morgan fingerprint density at radius 2 is 2.35 bits per heavy atom. The van der Waals surface area contributed by atoms with Crippen LogP contribution in [0, 0.1) is 4.77 Å². The Morgan fingerprint density at radius 1 is 1.45 bits per heavy atom. The van der Waals surface area contributed by atoms with Gasteiger partial charge in [0.15, 0.2) is 10.6 Å². The molecule has 106 valence electrons. The largest absolute Gasteiger partial charge is 0.295 e. The standard InChI is InChI=1S/C14H18N4S2/c1-2-20-12-8-5-7-11(12)18-13(16-17-14(18)19)10-6-3-4-9-15-10/h3-4,6,9,11-12H,2,5,7-8H2,1H3,(H,17,19). The van der Waals surface area contributed by atoms with E-state index in [1.165, 1.54) is 19.3 Å². The fourth-order valence-corrected chi connectivity index (χ4v) is 4.41. The van der Waals surface area contributed by atoms with E-state index in [4.69, 9.17) is 12.2 Å². The van der Waals surface area contributed by atoms with E-state index in [0.29, 0.717) is 16.1 Å². The minimum absolute atomic E-state index is 0.434. The van der Waals surface area contributed by atoms with Crippen LogP contribution < -0.4 is 0 Å². The molecule has 6 heteroatoms. The number of nitrogens with one attached hydrogen (secondary N) is 1. The number of nitrogens with zero attached hydrogens (tertiary/aromatic N) is 3. The molecule has 1 aliphatic carbocycles. The van der Waals surface area contributed by atoms with Gasteiger partial charge in [0.05, 0.1) is 0 Å². The highest BCUT2D eigenvalue weighted by Gasteiger charge is 2.31. The molecule has 0 aliphatic heterocycles. The molecular formula is C14H18N4S2. The zero-order chi connectivity index (χ0) is 13.9. The molecule has 3 rings (SSSR count). The van der Waals surface area contributed by atoms with Gasteiger partial charge in [0.2, 0.25) is 0 Å². The fraction of sp³-hybridized carbons (Fsp3) is 0.500. The zero-order valence-corrected chi connectivity index (χ0v) is 13.1. The summed E-state index contributed by atoms with van der Waals surface area (Å²) in [5, 5.41) is 7.97. The van der Waals surface area contributed by atoms with Crippen LogP contribution in [-0.2, 0) is 0 Å². The molecule has 0 saturated heterocycles. The lowest BCUT2D eigenvalue weighted by Gasteiger charge is -2.21. The quantitative estimate of drug-likeness (QED) is 0.872. The lowest BCUT2D eigenvalue weighted by Crippen LogP contribution is -2.17. The molecular weight excluding hydrogens is 288 g/mol. The molecule has 20 heavy (non-hydrogen) atoms. The third-order valence-electron chi connectivity index (χ3n) is 3.73. The highest BCUT2D eigenvalue weighted by molar-refractivity contribution is 7.99. The normalized spacial score (nSPS) is 22.2. The summed E-state index contributed by atoms with van der Waals surface area (Å²) >= 11 is 7.48. The molecule has 1 aliphatic rings. The Balaban J connectivity index is 2.01. The molecule has 0 amide bonds. The monoisotopic (exact) mass is 306 g/mol. The second-order valence-electron chi connectivity index (χ2n) is 4.93. The van der Waals surface area contributed by atoms with Crippen molar-refractivity contribution in [2.75, 3.05) is 5.75 Å². The van der Waals surface area contributed by atoms with Crippen molar-refractivity contribution >= 4 is 24.0 Å². The molecule has 0 spiro atoms. The van der Waals surface area contributed by atoms with Gasteiger partial charge in [-0.25, -0.2) is 0 Å². The number of pyridine rings is 1. The zero-order valence-electron chi connectivity index (χ0n) is 11.5. The molecule has 2 unspecified atom stereocenters.